The number of aromatic amines is 1. The van der Waals surface area contributed by atoms with Gasteiger partial charge in [0.25, 0.3) is 5.91 Å². The molecule has 2 aromatic rings. The summed E-state index contributed by atoms with van der Waals surface area (Å²) in [5.74, 6) is 0.270. The highest BCUT2D eigenvalue weighted by atomic mass is 16.2. The molecule has 0 aliphatic heterocycles. The maximum atomic E-state index is 12.2. The second kappa shape index (κ2) is 5.32. The zero-order valence-electron chi connectivity index (χ0n) is 12.0. The molecule has 0 spiro atoms. The van der Waals surface area contributed by atoms with Gasteiger partial charge in [-0.1, -0.05) is 0 Å². The molecule has 2 aromatic heterocycles. The van der Waals surface area contributed by atoms with Gasteiger partial charge in [0.1, 0.15) is 11.4 Å². The first kappa shape index (κ1) is 14.0. The van der Waals surface area contributed by atoms with Gasteiger partial charge < -0.3 is 14.9 Å². The molecule has 106 valence electrons. The molecule has 20 heavy (non-hydrogen) atoms. The van der Waals surface area contributed by atoms with Gasteiger partial charge in [0.2, 0.25) is 0 Å². The third-order valence-corrected chi connectivity index (χ3v) is 3.21. The first-order valence-corrected chi connectivity index (χ1v) is 6.38. The number of pyridine rings is 1. The van der Waals surface area contributed by atoms with Gasteiger partial charge in [-0.05, 0) is 20.8 Å². The molecule has 1 amide bonds. The Balaban J connectivity index is 2.20. The van der Waals surface area contributed by atoms with Crippen LogP contribution in [0.15, 0.2) is 23.3 Å². The fourth-order valence-corrected chi connectivity index (χ4v) is 1.89. The minimum absolute atomic E-state index is 0.133. The monoisotopic (exact) mass is 274 g/mol. The van der Waals surface area contributed by atoms with Crippen molar-refractivity contribution in [1.82, 2.24) is 19.9 Å². The van der Waals surface area contributed by atoms with Crippen molar-refractivity contribution in [2.24, 2.45) is 7.05 Å². The summed E-state index contributed by atoms with van der Waals surface area (Å²) < 4.78 is 1.75. The fraction of sp³-hybridized carbons (Fsp3) is 0.357. The van der Waals surface area contributed by atoms with E-state index < -0.39 is 5.91 Å². The number of nitrogens with one attached hydrogen (secondary N) is 2. The molecule has 6 nitrogen and oxygen atoms in total. The van der Waals surface area contributed by atoms with Crippen LogP contribution in [0.4, 0.5) is 0 Å². The predicted octanol–water partition coefficient (Wildman–Crippen LogP) is 1.22. The van der Waals surface area contributed by atoms with Crippen LogP contribution in [0, 0.1) is 13.8 Å². The lowest BCUT2D eigenvalue weighted by Crippen LogP contribution is -2.32. The lowest BCUT2D eigenvalue weighted by molar-refractivity contribution is 0.0936. The van der Waals surface area contributed by atoms with E-state index in [1.807, 2.05) is 20.8 Å². The quantitative estimate of drug-likeness (QED) is 0.883. The van der Waals surface area contributed by atoms with E-state index in [2.05, 4.69) is 15.3 Å². The Kier molecular flexibility index (Phi) is 3.74. The third kappa shape index (κ3) is 2.79. The van der Waals surface area contributed by atoms with Crippen molar-refractivity contribution in [2.45, 2.75) is 26.8 Å². The number of amides is 1. The SMILES string of the molecule is Cc1cnc([C@H](C)NC(=O)c2cn(C)c(C)cc2=O)[nH]1. The molecule has 2 N–H and O–H groups in total. The van der Waals surface area contributed by atoms with Gasteiger partial charge in [-0.2, -0.15) is 0 Å². The molecule has 2 heterocycles. The van der Waals surface area contributed by atoms with Gasteiger partial charge >= 0.3 is 0 Å². The standard InChI is InChI=1S/C14H18N4O2/c1-8-6-15-13(16-8)10(3)17-14(20)11-7-18(4)9(2)5-12(11)19/h5-7,10H,1-4H3,(H,15,16)(H,17,20)/t10-/m0/s1. The van der Waals surface area contributed by atoms with Crippen LogP contribution in [0.5, 0.6) is 0 Å². The van der Waals surface area contributed by atoms with Crippen LogP contribution < -0.4 is 10.7 Å². The second-order valence-electron chi connectivity index (χ2n) is 4.95. The zero-order valence-corrected chi connectivity index (χ0v) is 12.0. The second-order valence-corrected chi connectivity index (χ2v) is 4.95. The maximum absolute atomic E-state index is 12.2. The van der Waals surface area contributed by atoms with Crippen molar-refractivity contribution < 1.29 is 4.79 Å². The van der Waals surface area contributed by atoms with Gasteiger partial charge in [-0.15, -0.1) is 0 Å². The summed E-state index contributed by atoms with van der Waals surface area (Å²) in [4.78, 5) is 31.2. The Labute approximate surface area is 116 Å². The first-order valence-electron chi connectivity index (χ1n) is 6.38. The van der Waals surface area contributed by atoms with E-state index in [4.69, 9.17) is 0 Å². The minimum Gasteiger partial charge on any atom is -0.354 e. The van der Waals surface area contributed by atoms with Crippen LogP contribution >= 0.6 is 0 Å². The highest BCUT2D eigenvalue weighted by molar-refractivity contribution is 5.94. The predicted molar refractivity (Wildman–Crippen MR) is 75.6 cm³/mol. The van der Waals surface area contributed by atoms with Gasteiger partial charge in [0, 0.05) is 36.9 Å². The smallest absolute Gasteiger partial charge is 0.257 e. The molecular formula is C14H18N4O2. The normalized spacial score (nSPS) is 12.2. The Morgan fingerprint density at radius 2 is 2.15 bits per heavy atom. The van der Waals surface area contributed by atoms with Crippen LogP contribution in [0.3, 0.4) is 0 Å². The highest BCUT2D eigenvalue weighted by Gasteiger charge is 2.16. The number of carbonyl (C=O) groups excluding carboxylic acids is 1. The molecule has 0 saturated carbocycles. The number of rotatable bonds is 3. The van der Waals surface area contributed by atoms with Crippen LogP contribution in [-0.2, 0) is 7.05 Å². The van der Waals surface area contributed by atoms with E-state index in [-0.39, 0.29) is 17.0 Å². The molecule has 6 heteroatoms. The molecule has 0 aromatic carbocycles. The van der Waals surface area contributed by atoms with E-state index >= 15 is 0 Å². The van der Waals surface area contributed by atoms with Crippen molar-refractivity contribution >= 4 is 5.91 Å². The van der Waals surface area contributed by atoms with Crippen molar-refractivity contribution in [1.29, 1.82) is 0 Å². The van der Waals surface area contributed by atoms with Crippen molar-refractivity contribution in [2.75, 3.05) is 0 Å². The van der Waals surface area contributed by atoms with Crippen molar-refractivity contribution in [3.8, 4) is 0 Å². The number of H-pyrrole nitrogens is 1. The van der Waals surface area contributed by atoms with E-state index in [0.29, 0.717) is 5.82 Å². The molecule has 0 unspecified atom stereocenters. The average Bonchev–Trinajstić information content (AvgIpc) is 2.80. The van der Waals surface area contributed by atoms with Crippen molar-refractivity contribution in [3.63, 3.8) is 0 Å². The highest BCUT2D eigenvalue weighted by Crippen LogP contribution is 2.08. The van der Waals surface area contributed by atoms with Gasteiger partial charge in [-0.25, -0.2) is 4.98 Å². The van der Waals surface area contributed by atoms with Crippen LogP contribution in [0.2, 0.25) is 0 Å². The summed E-state index contributed by atoms with van der Waals surface area (Å²) in [6.07, 6.45) is 3.25. The van der Waals surface area contributed by atoms with Gasteiger partial charge in [-0.3, -0.25) is 9.59 Å². The summed E-state index contributed by atoms with van der Waals surface area (Å²) in [5.41, 5.74) is 1.59. The molecule has 1 atom stereocenters. The van der Waals surface area contributed by atoms with E-state index in [1.54, 1.807) is 24.0 Å². The third-order valence-electron chi connectivity index (χ3n) is 3.21. The molecule has 0 radical (unpaired) electrons. The molecule has 0 aliphatic rings. The number of carbonyl (C=O) groups is 1. The summed E-state index contributed by atoms with van der Waals surface area (Å²) in [6, 6.07) is 1.17. The Morgan fingerprint density at radius 3 is 2.75 bits per heavy atom. The Morgan fingerprint density at radius 1 is 1.45 bits per heavy atom. The average molecular weight is 274 g/mol. The summed E-state index contributed by atoms with van der Waals surface area (Å²) in [6.45, 7) is 5.52. The van der Waals surface area contributed by atoms with Crippen LogP contribution in [0.1, 0.15) is 40.5 Å². The lowest BCUT2D eigenvalue weighted by Gasteiger charge is -2.12. The number of hydrogen-bond acceptors (Lipinski definition) is 3. The van der Waals surface area contributed by atoms with Gasteiger partial charge in [0.05, 0.1) is 6.04 Å². The molecule has 0 fully saturated rings. The number of imidazole rings is 1. The Hall–Kier alpha value is -2.37. The largest absolute Gasteiger partial charge is 0.354 e. The zero-order chi connectivity index (χ0) is 14.9. The molecule has 0 saturated heterocycles. The minimum atomic E-state index is -0.396. The molecule has 0 aliphatic carbocycles. The topological polar surface area (TPSA) is 79.8 Å². The number of nitrogens with zero attached hydrogens (tertiary/aromatic N) is 2. The summed E-state index contributed by atoms with van der Waals surface area (Å²) in [5, 5.41) is 2.77. The molecule has 2 rings (SSSR count). The Bertz CT molecular complexity index is 699. The van der Waals surface area contributed by atoms with Crippen molar-refractivity contribution in [3.05, 3.63) is 51.5 Å². The number of aryl methyl sites for hydroxylation is 3. The van der Waals surface area contributed by atoms with Gasteiger partial charge in [0.15, 0.2) is 5.43 Å². The fourth-order valence-electron chi connectivity index (χ4n) is 1.89. The van der Waals surface area contributed by atoms with E-state index in [0.717, 1.165) is 11.4 Å². The van der Waals surface area contributed by atoms with Crippen LogP contribution in [-0.4, -0.2) is 20.4 Å². The van der Waals surface area contributed by atoms with E-state index in [9.17, 15) is 9.59 Å². The van der Waals surface area contributed by atoms with Crippen LogP contribution in [0.25, 0.3) is 0 Å². The lowest BCUT2D eigenvalue weighted by atomic mass is 10.2. The summed E-state index contributed by atoms with van der Waals surface area (Å²) >= 11 is 0. The maximum Gasteiger partial charge on any atom is 0.257 e. The number of aromatic nitrogens is 3. The molecular weight excluding hydrogens is 256 g/mol. The molecule has 0 bridgehead atoms. The summed E-state index contributed by atoms with van der Waals surface area (Å²) in [7, 11) is 1.80. The number of hydrogen-bond donors (Lipinski definition) is 2. The van der Waals surface area contributed by atoms with E-state index in [1.165, 1.54) is 6.07 Å². The first-order chi connectivity index (χ1) is 9.38.